The van der Waals surface area contributed by atoms with Gasteiger partial charge in [-0.2, -0.15) is 0 Å². The molecule has 0 bridgehead atoms. The number of ether oxygens (including phenoxy) is 2. The largest absolute Gasteiger partial charge is 0.478 e. The van der Waals surface area contributed by atoms with E-state index in [1.807, 2.05) is 0 Å². The minimum Gasteiger partial charge on any atom is -0.478 e. The van der Waals surface area contributed by atoms with Gasteiger partial charge in [0.15, 0.2) is 0 Å². The fourth-order valence-corrected chi connectivity index (χ4v) is 2.40. The number of benzene rings is 1. The van der Waals surface area contributed by atoms with Crippen LogP contribution in [-0.2, 0) is 19.1 Å². The van der Waals surface area contributed by atoms with Gasteiger partial charge >= 0.3 is 17.9 Å². The van der Waals surface area contributed by atoms with Gasteiger partial charge in [0.05, 0.1) is 31.0 Å². The van der Waals surface area contributed by atoms with E-state index in [0.717, 1.165) is 7.11 Å². The number of methoxy groups -OCH3 is 2. The fraction of sp³-hybridized carbons (Fsp3) is 0.118. The SMILES string of the molecule is COC(=O)C1=C(C(=O)OC)N(c2cc(Cl)ccc2C(=O)O)C=CC=C1. The maximum absolute atomic E-state index is 12.3. The van der Waals surface area contributed by atoms with Crippen molar-refractivity contribution < 1.29 is 29.0 Å². The number of carboxylic acids is 1. The van der Waals surface area contributed by atoms with E-state index < -0.39 is 17.9 Å². The lowest BCUT2D eigenvalue weighted by atomic mass is 10.1. The Kier molecular flexibility index (Phi) is 5.61. The molecule has 1 aliphatic heterocycles. The number of halogens is 1. The molecule has 0 aromatic heterocycles. The van der Waals surface area contributed by atoms with Crippen LogP contribution in [0.1, 0.15) is 10.4 Å². The first-order valence-electron chi connectivity index (χ1n) is 6.98. The van der Waals surface area contributed by atoms with Crippen LogP contribution in [0.15, 0.2) is 53.9 Å². The number of carbonyl (C=O) groups excluding carboxylic acids is 2. The zero-order chi connectivity index (χ0) is 18.6. The molecule has 0 aliphatic carbocycles. The van der Waals surface area contributed by atoms with Crippen LogP contribution in [0, 0.1) is 0 Å². The van der Waals surface area contributed by atoms with Crippen LogP contribution >= 0.6 is 11.6 Å². The molecule has 130 valence electrons. The maximum Gasteiger partial charge on any atom is 0.355 e. The molecule has 1 N–H and O–H groups in total. The van der Waals surface area contributed by atoms with Crippen LogP contribution in [0.2, 0.25) is 5.02 Å². The number of esters is 2. The highest BCUT2D eigenvalue weighted by molar-refractivity contribution is 6.31. The summed E-state index contributed by atoms with van der Waals surface area (Å²) in [6.45, 7) is 0. The third-order valence-corrected chi connectivity index (χ3v) is 3.57. The molecular formula is C17H14ClNO6. The number of aromatic carboxylic acids is 1. The van der Waals surface area contributed by atoms with Gasteiger partial charge < -0.3 is 19.5 Å². The zero-order valence-electron chi connectivity index (χ0n) is 13.4. The molecule has 8 heteroatoms. The minimum atomic E-state index is -1.22. The molecular weight excluding hydrogens is 350 g/mol. The van der Waals surface area contributed by atoms with Gasteiger partial charge in [0, 0.05) is 11.2 Å². The van der Waals surface area contributed by atoms with Crippen LogP contribution < -0.4 is 4.90 Å². The highest BCUT2D eigenvalue weighted by Gasteiger charge is 2.29. The molecule has 1 aliphatic rings. The van der Waals surface area contributed by atoms with E-state index in [9.17, 15) is 19.5 Å². The number of anilines is 1. The minimum absolute atomic E-state index is 0.0873. The monoisotopic (exact) mass is 363 g/mol. The van der Waals surface area contributed by atoms with E-state index in [-0.39, 0.29) is 27.5 Å². The molecule has 1 heterocycles. The topological polar surface area (TPSA) is 93.1 Å². The highest BCUT2D eigenvalue weighted by Crippen LogP contribution is 2.31. The van der Waals surface area contributed by atoms with Crippen LogP contribution in [0.5, 0.6) is 0 Å². The second-order valence-electron chi connectivity index (χ2n) is 4.78. The molecule has 2 rings (SSSR count). The zero-order valence-corrected chi connectivity index (χ0v) is 14.1. The Bertz CT molecular complexity index is 824. The van der Waals surface area contributed by atoms with Crippen LogP contribution in [-0.4, -0.2) is 37.2 Å². The van der Waals surface area contributed by atoms with Crippen LogP contribution in [0.3, 0.4) is 0 Å². The number of allylic oxidation sites excluding steroid dienone is 2. The van der Waals surface area contributed by atoms with Gasteiger partial charge in [-0.15, -0.1) is 0 Å². The van der Waals surface area contributed by atoms with Crippen molar-refractivity contribution in [1.29, 1.82) is 0 Å². The maximum atomic E-state index is 12.3. The average Bonchev–Trinajstić information content (AvgIpc) is 2.82. The summed E-state index contributed by atoms with van der Waals surface area (Å²) in [5.74, 6) is -2.83. The van der Waals surface area contributed by atoms with Crippen LogP contribution in [0.25, 0.3) is 0 Å². The Morgan fingerprint density at radius 2 is 1.76 bits per heavy atom. The fourth-order valence-electron chi connectivity index (χ4n) is 2.24. The molecule has 0 atom stereocenters. The summed E-state index contributed by atoms with van der Waals surface area (Å²) in [4.78, 5) is 37.2. The smallest absolute Gasteiger partial charge is 0.355 e. The quantitative estimate of drug-likeness (QED) is 0.821. The lowest BCUT2D eigenvalue weighted by molar-refractivity contribution is -0.139. The second kappa shape index (κ2) is 7.67. The molecule has 0 unspecified atom stereocenters. The number of carbonyl (C=O) groups is 3. The molecule has 0 saturated carbocycles. The molecule has 25 heavy (non-hydrogen) atoms. The Morgan fingerprint density at radius 3 is 2.36 bits per heavy atom. The normalized spacial score (nSPS) is 13.5. The van der Waals surface area contributed by atoms with Gasteiger partial charge in [-0.05, 0) is 30.4 Å². The van der Waals surface area contributed by atoms with Crippen LogP contribution in [0.4, 0.5) is 5.69 Å². The van der Waals surface area contributed by atoms with Crippen molar-refractivity contribution in [1.82, 2.24) is 0 Å². The number of nitrogens with zero attached hydrogens (tertiary/aromatic N) is 1. The Balaban J connectivity index is 2.78. The summed E-state index contributed by atoms with van der Waals surface area (Å²) >= 11 is 5.99. The van der Waals surface area contributed by atoms with Crippen molar-refractivity contribution in [2.45, 2.75) is 0 Å². The first kappa shape index (κ1) is 18.3. The summed E-state index contributed by atoms with van der Waals surface area (Å²) < 4.78 is 9.46. The van der Waals surface area contributed by atoms with Crippen molar-refractivity contribution in [2.75, 3.05) is 19.1 Å². The van der Waals surface area contributed by atoms with Gasteiger partial charge in [0.25, 0.3) is 0 Å². The molecule has 1 aromatic carbocycles. The summed E-state index contributed by atoms with van der Waals surface area (Å²) in [7, 11) is 2.32. The molecule has 0 saturated heterocycles. The first-order chi connectivity index (χ1) is 11.9. The molecule has 0 amide bonds. The predicted octanol–water partition coefficient (Wildman–Crippen LogP) is 2.53. The van der Waals surface area contributed by atoms with Gasteiger partial charge in [0.2, 0.25) is 0 Å². The van der Waals surface area contributed by atoms with E-state index in [2.05, 4.69) is 0 Å². The highest BCUT2D eigenvalue weighted by atomic mass is 35.5. The Morgan fingerprint density at radius 1 is 1.08 bits per heavy atom. The van der Waals surface area contributed by atoms with E-state index in [4.69, 9.17) is 21.1 Å². The number of hydrogen-bond acceptors (Lipinski definition) is 6. The number of rotatable bonds is 4. The third-order valence-electron chi connectivity index (χ3n) is 3.34. The average molecular weight is 364 g/mol. The predicted molar refractivity (Wildman–Crippen MR) is 90.2 cm³/mol. The van der Waals surface area contributed by atoms with Gasteiger partial charge in [-0.25, -0.2) is 14.4 Å². The molecule has 7 nitrogen and oxygen atoms in total. The lowest BCUT2D eigenvalue weighted by Crippen LogP contribution is -2.28. The molecule has 0 fully saturated rings. The summed E-state index contributed by atoms with van der Waals surface area (Å²) in [5, 5.41) is 9.69. The van der Waals surface area contributed by atoms with Crippen molar-refractivity contribution in [3.05, 3.63) is 64.5 Å². The van der Waals surface area contributed by atoms with E-state index in [0.29, 0.717) is 0 Å². The van der Waals surface area contributed by atoms with E-state index in [1.54, 1.807) is 0 Å². The summed E-state index contributed by atoms with van der Waals surface area (Å²) in [6.07, 6.45) is 5.85. The Hall–Kier alpha value is -3.06. The summed E-state index contributed by atoms with van der Waals surface area (Å²) in [6, 6.07) is 4.09. The standard InChI is InChI=1S/C17H14ClNO6/c1-24-16(22)12-5-3-4-8-19(14(12)17(23)25-2)13-9-10(18)6-7-11(13)15(20)21/h3-9H,1-2H3,(H,20,21). The first-order valence-corrected chi connectivity index (χ1v) is 7.36. The van der Waals surface area contributed by atoms with Crippen molar-refractivity contribution in [3.8, 4) is 0 Å². The Labute approximate surface area is 148 Å². The third kappa shape index (κ3) is 3.72. The van der Waals surface area contributed by atoms with Crippen molar-refractivity contribution in [2.24, 2.45) is 0 Å². The molecule has 0 spiro atoms. The number of hydrogen-bond donors (Lipinski definition) is 1. The van der Waals surface area contributed by atoms with Gasteiger partial charge in [-0.1, -0.05) is 17.7 Å². The van der Waals surface area contributed by atoms with Crippen molar-refractivity contribution >= 4 is 35.2 Å². The number of carboxylic acid groups (broad SMARTS) is 1. The summed E-state index contributed by atoms with van der Waals surface area (Å²) in [5.41, 5.74) is -0.289. The van der Waals surface area contributed by atoms with Gasteiger partial charge in [-0.3, -0.25) is 0 Å². The van der Waals surface area contributed by atoms with Crippen molar-refractivity contribution in [3.63, 3.8) is 0 Å². The molecule has 1 aromatic rings. The lowest BCUT2D eigenvalue weighted by Gasteiger charge is -2.24. The van der Waals surface area contributed by atoms with Gasteiger partial charge in [0.1, 0.15) is 5.70 Å². The van der Waals surface area contributed by atoms with E-state index in [1.165, 1.54) is 54.6 Å². The molecule has 0 radical (unpaired) electrons. The van der Waals surface area contributed by atoms with E-state index >= 15 is 0 Å². The second-order valence-corrected chi connectivity index (χ2v) is 5.22.